The van der Waals surface area contributed by atoms with Crippen LogP contribution in [0.4, 0.5) is 0 Å². The quantitative estimate of drug-likeness (QED) is 0.659. The van der Waals surface area contributed by atoms with E-state index in [2.05, 4.69) is 46.9 Å². The van der Waals surface area contributed by atoms with E-state index in [4.69, 9.17) is 0 Å². The van der Waals surface area contributed by atoms with Gasteiger partial charge >= 0.3 is 0 Å². The molecule has 0 spiro atoms. The molecule has 0 saturated carbocycles. The Kier molecular flexibility index (Phi) is 7.26. The van der Waals surface area contributed by atoms with Gasteiger partial charge < -0.3 is 5.32 Å². The molecule has 0 radical (unpaired) electrons. The predicted octanol–water partition coefficient (Wildman–Crippen LogP) is 3.69. The number of hydrogen-bond donors (Lipinski definition) is 1. The molecule has 0 saturated heterocycles. The van der Waals surface area contributed by atoms with Gasteiger partial charge in [0.1, 0.15) is 0 Å². The van der Waals surface area contributed by atoms with Gasteiger partial charge in [-0.1, -0.05) is 54.4 Å². The topological polar surface area (TPSA) is 12.0 Å². The Morgan fingerprint density at radius 3 is 1.79 bits per heavy atom. The number of hydrogen-bond acceptors (Lipinski definition) is 1. The molecule has 0 aromatic carbocycles. The molecule has 0 amide bonds. The first kappa shape index (κ1) is 14.0. The average molecular weight is 199 g/mol. The third kappa shape index (κ3) is 7.37. The normalized spacial score (nSPS) is 16.3. The second-order valence-electron chi connectivity index (χ2n) is 5.49. The van der Waals surface area contributed by atoms with Crippen molar-refractivity contribution >= 4 is 0 Å². The molecule has 14 heavy (non-hydrogen) atoms. The van der Waals surface area contributed by atoms with E-state index in [1.165, 1.54) is 12.8 Å². The first-order valence-corrected chi connectivity index (χ1v) is 6.16. The zero-order valence-electron chi connectivity index (χ0n) is 10.9. The molecule has 0 bridgehead atoms. The van der Waals surface area contributed by atoms with Crippen molar-refractivity contribution in [2.24, 2.45) is 17.8 Å². The molecule has 0 rings (SSSR count). The third-order valence-electron chi connectivity index (χ3n) is 3.02. The van der Waals surface area contributed by atoms with Crippen LogP contribution in [-0.2, 0) is 0 Å². The van der Waals surface area contributed by atoms with Gasteiger partial charge in [0.15, 0.2) is 0 Å². The van der Waals surface area contributed by atoms with Gasteiger partial charge in [-0.25, -0.2) is 0 Å². The third-order valence-corrected chi connectivity index (χ3v) is 3.02. The first-order valence-electron chi connectivity index (χ1n) is 6.16. The minimum absolute atomic E-state index is 0.620. The van der Waals surface area contributed by atoms with Gasteiger partial charge in [-0.05, 0) is 24.3 Å². The highest BCUT2D eigenvalue weighted by Crippen LogP contribution is 2.19. The summed E-state index contributed by atoms with van der Waals surface area (Å²) in [4.78, 5) is 0. The fourth-order valence-corrected chi connectivity index (χ4v) is 1.50. The van der Waals surface area contributed by atoms with Crippen molar-refractivity contribution < 1.29 is 0 Å². The molecule has 1 N–H and O–H groups in total. The number of nitrogens with one attached hydrogen (secondary N) is 1. The molecule has 1 heteroatoms. The van der Waals surface area contributed by atoms with Gasteiger partial charge in [0.05, 0.1) is 0 Å². The zero-order valence-corrected chi connectivity index (χ0v) is 10.9. The fraction of sp³-hybridized carbons (Fsp3) is 1.00. The van der Waals surface area contributed by atoms with Crippen LogP contribution in [0.5, 0.6) is 0 Å². The summed E-state index contributed by atoms with van der Waals surface area (Å²) >= 11 is 0. The monoisotopic (exact) mass is 199 g/mol. The van der Waals surface area contributed by atoms with Gasteiger partial charge in [0, 0.05) is 6.04 Å². The SMILES string of the molecule is CC(C)CCC(C)C(C)CNC(C)C. The summed E-state index contributed by atoms with van der Waals surface area (Å²) in [5.41, 5.74) is 0. The van der Waals surface area contributed by atoms with Crippen molar-refractivity contribution in [3.05, 3.63) is 0 Å². The van der Waals surface area contributed by atoms with Crippen LogP contribution in [0.15, 0.2) is 0 Å². The maximum Gasteiger partial charge on any atom is 0.00104 e. The molecule has 86 valence electrons. The highest BCUT2D eigenvalue weighted by atomic mass is 14.9. The van der Waals surface area contributed by atoms with E-state index >= 15 is 0 Å². The van der Waals surface area contributed by atoms with Crippen LogP contribution in [0.2, 0.25) is 0 Å². The zero-order chi connectivity index (χ0) is 11.1. The van der Waals surface area contributed by atoms with Crippen molar-refractivity contribution in [2.75, 3.05) is 6.54 Å². The van der Waals surface area contributed by atoms with E-state index in [1.807, 2.05) is 0 Å². The molecule has 0 aromatic heterocycles. The van der Waals surface area contributed by atoms with Crippen molar-refractivity contribution in [1.29, 1.82) is 0 Å². The van der Waals surface area contributed by atoms with Gasteiger partial charge in [-0.3, -0.25) is 0 Å². The predicted molar refractivity (Wildman–Crippen MR) is 65.5 cm³/mol. The largest absolute Gasteiger partial charge is 0.314 e. The second-order valence-corrected chi connectivity index (χ2v) is 5.49. The summed E-state index contributed by atoms with van der Waals surface area (Å²) in [6.07, 6.45) is 2.74. The maximum atomic E-state index is 3.51. The molecule has 1 nitrogen and oxygen atoms in total. The minimum Gasteiger partial charge on any atom is -0.314 e. The Morgan fingerprint density at radius 1 is 0.786 bits per heavy atom. The van der Waals surface area contributed by atoms with Gasteiger partial charge in [0.25, 0.3) is 0 Å². The first-order chi connectivity index (χ1) is 6.43. The van der Waals surface area contributed by atoms with Crippen LogP contribution in [0.3, 0.4) is 0 Å². The van der Waals surface area contributed by atoms with Crippen LogP contribution in [0, 0.1) is 17.8 Å². The highest BCUT2D eigenvalue weighted by Gasteiger charge is 2.12. The summed E-state index contributed by atoms with van der Waals surface area (Å²) in [5.74, 6) is 2.50. The highest BCUT2D eigenvalue weighted by molar-refractivity contribution is 4.66. The van der Waals surface area contributed by atoms with E-state index in [0.717, 1.165) is 24.3 Å². The molecular formula is C13H29N. The van der Waals surface area contributed by atoms with Crippen LogP contribution >= 0.6 is 0 Å². The van der Waals surface area contributed by atoms with Crippen LogP contribution in [0.1, 0.15) is 54.4 Å². The van der Waals surface area contributed by atoms with Crippen LogP contribution in [0.25, 0.3) is 0 Å². The smallest absolute Gasteiger partial charge is 0.00104 e. The number of rotatable bonds is 7. The molecule has 0 aromatic rings. The van der Waals surface area contributed by atoms with E-state index < -0.39 is 0 Å². The van der Waals surface area contributed by atoms with Gasteiger partial charge in [-0.15, -0.1) is 0 Å². The van der Waals surface area contributed by atoms with Crippen molar-refractivity contribution in [2.45, 2.75) is 60.4 Å². The Morgan fingerprint density at radius 2 is 1.36 bits per heavy atom. The van der Waals surface area contributed by atoms with Crippen molar-refractivity contribution in [3.8, 4) is 0 Å². The molecule has 0 aliphatic rings. The van der Waals surface area contributed by atoms with E-state index in [-0.39, 0.29) is 0 Å². The summed E-state index contributed by atoms with van der Waals surface area (Å²) in [5, 5.41) is 3.51. The Hall–Kier alpha value is -0.0400. The average Bonchev–Trinajstić information content (AvgIpc) is 2.09. The van der Waals surface area contributed by atoms with E-state index in [0.29, 0.717) is 6.04 Å². The van der Waals surface area contributed by atoms with Crippen LogP contribution < -0.4 is 5.32 Å². The van der Waals surface area contributed by atoms with Crippen molar-refractivity contribution in [1.82, 2.24) is 5.32 Å². The Labute approximate surface area is 90.7 Å². The second kappa shape index (κ2) is 7.28. The molecule has 0 aliphatic carbocycles. The summed E-state index contributed by atoms with van der Waals surface area (Å²) in [7, 11) is 0. The lowest BCUT2D eigenvalue weighted by Crippen LogP contribution is -2.30. The molecule has 2 unspecified atom stereocenters. The lowest BCUT2D eigenvalue weighted by Gasteiger charge is -2.22. The van der Waals surface area contributed by atoms with E-state index in [9.17, 15) is 0 Å². The lowest BCUT2D eigenvalue weighted by atomic mass is 9.89. The maximum absolute atomic E-state index is 3.51. The molecule has 2 atom stereocenters. The summed E-state index contributed by atoms with van der Waals surface area (Å²) < 4.78 is 0. The standard InChI is InChI=1S/C13H29N/c1-10(2)7-8-12(5)13(6)9-14-11(3)4/h10-14H,7-9H2,1-6H3. The summed E-state index contributed by atoms with van der Waals surface area (Å²) in [6.45, 7) is 15.0. The molecule has 0 heterocycles. The summed E-state index contributed by atoms with van der Waals surface area (Å²) in [6, 6.07) is 0.620. The molecule has 0 aliphatic heterocycles. The van der Waals surface area contributed by atoms with Gasteiger partial charge in [-0.2, -0.15) is 0 Å². The lowest BCUT2D eigenvalue weighted by molar-refractivity contribution is 0.318. The van der Waals surface area contributed by atoms with Crippen molar-refractivity contribution in [3.63, 3.8) is 0 Å². The fourth-order valence-electron chi connectivity index (χ4n) is 1.50. The minimum atomic E-state index is 0.620. The van der Waals surface area contributed by atoms with Crippen LogP contribution in [-0.4, -0.2) is 12.6 Å². The Balaban J connectivity index is 3.59. The van der Waals surface area contributed by atoms with E-state index in [1.54, 1.807) is 0 Å². The Bertz CT molecular complexity index is 113. The van der Waals surface area contributed by atoms with Gasteiger partial charge in [0.2, 0.25) is 0 Å². The molecule has 0 fully saturated rings. The molecular weight excluding hydrogens is 170 g/mol.